The minimum Gasteiger partial charge on any atom is -0.496 e. The molecule has 0 heterocycles. The Balaban J connectivity index is 2.89. The van der Waals surface area contributed by atoms with E-state index in [4.69, 9.17) is 4.74 Å². The zero-order valence-electron chi connectivity index (χ0n) is 11.7. The summed E-state index contributed by atoms with van der Waals surface area (Å²) in [6.07, 6.45) is 2.07. The van der Waals surface area contributed by atoms with Crippen molar-refractivity contribution in [3.05, 3.63) is 29.3 Å². The Morgan fingerprint density at radius 2 is 2.11 bits per heavy atom. The molecule has 100 valence electrons. The van der Waals surface area contributed by atoms with Crippen LogP contribution in [0.3, 0.4) is 0 Å². The zero-order chi connectivity index (χ0) is 13.5. The summed E-state index contributed by atoms with van der Waals surface area (Å²) in [5, 5.41) is 2.92. The molecule has 0 saturated heterocycles. The third kappa shape index (κ3) is 3.76. The SMILES string of the molecule is CCCCNC(=O)c1cc(C(C)C)ccc1OC. The summed E-state index contributed by atoms with van der Waals surface area (Å²) in [6, 6.07) is 5.79. The third-order valence-corrected chi connectivity index (χ3v) is 2.95. The Kier molecular flexibility index (Phi) is 5.69. The maximum atomic E-state index is 12.1. The molecule has 0 bridgehead atoms. The first-order chi connectivity index (χ1) is 8.60. The highest BCUT2D eigenvalue weighted by Crippen LogP contribution is 2.24. The zero-order valence-corrected chi connectivity index (χ0v) is 11.7. The molecule has 0 aliphatic rings. The normalized spacial score (nSPS) is 10.5. The number of carbonyl (C=O) groups excluding carboxylic acids is 1. The Hall–Kier alpha value is -1.51. The summed E-state index contributed by atoms with van der Waals surface area (Å²) in [5.74, 6) is 0.981. The van der Waals surface area contributed by atoms with E-state index in [0.717, 1.165) is 18.4 Å². The molecule has 0 aromatic heterocycles. The fourth-order valence-corrected chi connectivity index (χ4v) is 1.74. The quantitative estimate of drug-likeness (QED) is 0.785. The molecule has 3 heteroatoms. The van der Waals surface area contributed by atoms with Gasteiger partial charge in [0.05, 0.1) is 12.7 Å². The molecule has 0 spiro atoms. The molecule has 0 aliphatic carbocycles. The topological polar surface area (TPSA) is 38.3 Å². The lowest BCUT2D eigenvalue weighted by molar-refractivity contribution is 0.0950. The van der Waals surface area contributed by atoms with Gasteiger partial charge >= 0.3 is 0 Å². The largest absolute Gasteiger partial charge is 0.496 e. The lowest BCUT2D eigenvalue weighted by Crippen LogP contribution is -2.25. The Labute approximate surface area is 110 Å². The van der Waals surface area contributed by atoms with E-state index < -0.39 is 0 Å². The lowest BCUT2D eigenvalue weighted by Gasteiger charge is -2.12. The van der Waals surface area contributed by atoms with Crippen LogP contribution in [0.2, 0.25) is 0 Å². The van der Waals surface area contributed by atoms with Gasteiger partial charge in [0.25, 0.3) is 5.91 Å². The molecule has 0 radical (unpaired) electrons. The molecular weight excluding hydrogens is 226 g/mol. The van der Waals surface area contributed by atoms with Crippen molar-refractivity contribution in [3.63, 3.8) is 0 Å². The van der Waals surface area contributed by atoms with Gasteiger partial charge in [-0.25, -0.2) is 0 Å². The predicted molar refractivity (Wildman–Crippen MR) is 74.3 cm³/mol. The summed E-state index contributed by atoms with van der Waals surface area (Å²) < 4.78 is 5.25. The van der Waals surface area contributed by atoms with Crippen molar-refractivity contribution in [1.82, 2.24) is 5.32 Å². The van der Waals surface area contributed by atoms with Crippen LogP contribution in [-0.4, -0.2) is 19.6 Å². The van der Waals surface area contributed by atoms with E-state index in [9.17, 15) is 4.79 Å². The molecule has 1 aromatic carbocycles. The fraction of sp³-hybridized carbons (Fsp3) is 0.533. The first kappa shape index (κ1) is 14.6. The summed E-state index contributed by atoms with van der Waals surface area (Å²) in [4.78, 5) is 12.1. The van der Waals surface area contributed by atoms with Gasteiger partial charge in [0.15, 0.2) is 0 Å². The number of methoxy groups -OCH3 is 1. The molecule has 0 fully saturated rings. The van der Waals surface area contributed by atoms with Crippen LogP contribution in [-0.2, 0) is 0 Å². The van der Waals surface area contributed by atoms with Gasteiger partial charge < -0.3 is 10.1 Å². The molecular formula is C15H23NO2. The highest BCUT2D eigenvalue weighted by atomic mass is 16.5. The van der Waals surface area contributed by atoms with Gasteiger partial charge in [-0.2, -0.15) is 0 Å². The van der Waals surface area contributed by atoms with Crippen molar-refractivity contribution in [2.75, 3.05) is 13.7 Å². The number of hydrogen-bond acceptors (Lipinski definition) is 2. The summed E-state index contributed by atoms with van der Waals surface area (Å²) in [6.45, 7) is 7.04. The molecule has 1 rings (SSSR count). The second-order valence-corrected chi connectivity index (χ2v) is 4.72. The molecule has 18 heavy (non-hydrogen) atoms. The molecule has 0 saturated carbocycles. The number of carbonyl (C=O) groups is 1. The minimum absolute atomic E-state index is 0.0530. The van der Waals surface area contributed by atoms with E-state index >= 15 is 0 Å². The van der Waals surface area contributed by atoms with E-state index in [1.165, 1.54) is 0 Å². The number of benzene rings is 1. The molecule has 0 aliphatic heterocycles. The van der Waals surface area contributed by atoms with Crippen molar-refractivity contribution < 1.29 is 9.53 Å². The highest BCUT2D eigenvalue weighted by molar-refractivity contribution is 5.97. The van der Waals surface area contributed by atoms with E-state index in [0.29, 0.717) is 23.8 Å². The van der Waals surface area contributed by atoms with Crippen molar-refractivity contribution in [1.29, 1.82) is 0 Å². The monoisotopic (exact) mass is 249 g/mol. The van der Waals surface area contributed by atoms with E-state index in [-0.39, 0.29) is 5.91 Å². The van der Waals surface area contributed by atoms with Crippen LogP contribution in [0.25, 0.3) is 0 Å². The number of amides is 1. The maximum absolute atomic E-state index is 12.1. The van der Waals surface area contributed by atoms with E-state index in [2.05, 4.69) is 26.1 Å². The van der Waals surface area contributed by atoms with E-state index in [1.54, 1.807) is 7.11 Å². The van der Waals surface area contributed by atoms with Crippen molar-refractivity contribution in [2.45, 2.75) is 39.5 Å². The van der Waals surface area contributed by atoms with Gasteiger partial charge in [0, 0.05) is 6.54 Å². The highest BCUT2D eigenvalue weighted by Gasteiger charge is 2.13. The minimum atomic E-state index is -0.0530. The van der Waals surface area contributed by atoms with Crippen LogP contribution < -0.4 is 10.1 Å². The van der Waals surface area contributed by atoms with Crippen LogP contribution in [0.5, 0.6) is 5.75 Å². The summed E-state index contributed by atoms with van der Waals surface area (Å²) >= 11 is 0. The number of nitrogens with one attached hydrogen (secondary N) is 1. The number of unbranched alkanes of at least 4 members (excludes halogenated alkanes) is 1. The van der Waals surface area contributed by atoms with Crippen molar-refractivity contribution in [2.24, 2.45) is 0 Å². The van der Waals surface area contributed by atoms with Crippen molar-refractivity contribution >= 4 is 5.91 Å². The van der Waals surface area contributed by atoms with Crippen LogP contribution in [0.4, 0.5) is 0 Å². The second kappa shape index (κ2) is 7.04. The van der Waals surface area contributed by atoms with Gasteiger partial charge in [-0.15, -0.1) is 0 Å². The first-order valence-electron chi connectivity index (χ1n) is 6.56. The smallest absolute Gasteiger partial charge is 0.255 e. The third-order valence-electron chi connectivity index (χ3n) is 2.95. The lowest BCUT2D eigenvalue weighted by atomic mass is 10.00. The molecule has 0 atom stereocenters. The number of ether oxygens (including phenoxy) is 1. The predicted octanol–water partition coefficient (Wildman–Crippen LogP) is 3.35. The number of rotatable bonds is 6. The van der Waals surface area contributed by atoms with E-state index in [1.807, 2.05) is 18.2 Å². The summed E-state index contributed by atoms with van der Waals surface area (Å²) in [5.41, 5.74) is 1.77. The maximum Gasteiger partial charge on any atom is 0.255 e. The van der Waals surface area contributed by atoms with Crippen LogP contribution in [0.1, 0.15) is 55.5 Å². The average Bonchev–Trinajstić information content (AvgIpc) is 2.38. The van der Waals surface area contributed by atoms with Crippen LogP contribution in [0, 0.1) is 0 Å². The van der Waals surface area contributed by atoms with Gasteiger partial charge in [0.1, 0.15) is 5.75 Å². The molecule has 0 unspecified atom stereocenters. The Morgan fingerprint density at radius 1 is 1.39 bits per heavy atom. The van der Waals surface area contributed by atoms with Crippen LogP contribution in [0.15, 0.2) is 18.2 Å². The fourth-order valence-electron chi connectivity index (χ4n) is 1.74. The van der Waals surface area contributed by atoms with Gasteiger partial charge in [-0.05, 0) is 30.0 Å². The summed E-state index contributed by atoms with van der Waals surface area (Å²) in [7, 11) is 1.59. The van der Waals surface area contributed by atoms with Crippen LogP contribution >= 0.6 is 0 Å². The molecule has 3 nitrogen and oxygen atoms in total. The Morgan fingerprint density at radius 3 is 2.67 bits per heavy atom. The second-order valence-electron chi connectivity index (χ2n) is 4.72. The first-order valence-corrected chi connectivity index (χ1v) is 6.56. The molecule has 1 N–H and O–H groups in total. The number of hydrogen-bond donors (Lipinski definition) is 1. The van der Waals surface area contributed by atoms with Gasteiger partial charge in [-0.3, -0.25) is 4.79 Å². The molecule has 1 aromatic rings. The Bertz CT molecular complexity index is 399. The average molecular weight is 249 g/mol. The standard InChI is InChI=1S/C15H23NO2/c1-5-6-9-16-15(17)13-10-12(11(2)3)7-8-14(13)18-4/h7-8,10-11H,5-6,9H2,1-4H3,(H,16,17). The van der Waals surface area contributed by atoms with Crippen molar-refractivity contribution in [3.8, 4) is 5.75 Å². The van der Waals surface area contributed by atoms with Gasteiger partial charge in [-0.1, -0.05) is 33.3 Å². The van der Waals surface area contributed by atoms with Gasteiger partial charge in [0.2, 0.25) is 0 Å². The molecule has 1 amide bonds.